The van der Waals surface area contributed by atoms with Crippen LogP contribution in [-0.2, 0) is 6.42 Å². The van der Waals surface area contributed by atoms with Crippen LogP contribution in [0.5, 0.6) is 5.75 Å². The zero-order chi connectivity index (χ0) is 12.5. The summed E-state index contributed by atoms with van der Waals surface area (Å²) in [5.74, 6) is 0.610. The van der Waals surface area contributed by atoms with Gasteiger partial charge in [0.2, 0.25) is 0 Å². The predicted octanol–water partition coefficient (Wildman–Crippen LogP) is 3.37. The maximum Gasteiger partial charge on any atom is 0.122 e. The quantitative estimate of drug-likeness (QED) is 0.853. The fourth-order valence-electron chi connectivity index (χ4n) is 1.82. The van der Waals surface area contributed by atoms with Gasteiger partial charge in [0.1, 0.15) is 5.75 Å². The Balaban J connectivity index is 3.33. The van der Waals surface area contributed by atoms with E-state index in [1.165, 1.54) is 0 Å². The van der Waals surface area contributed by atoms with Crippen LogP contribution in [0.4, 0.5) is 0 Å². The lowest BCUT2D eigenvalue weighted by molar-refractivity contribution is 0.454. The van der Waals surface area contributed by atoms with Crippen molar-refractivity contribution in [2.45, 2.75) is 46.1 Å². The SMILES string of the molecule is Cc1c(Cl)cc(C(C)C)c(O)c1CC(C)N. The summed E-state index contributed by atoms with van der Waals surface area (Å²) < 4.78 is 0. The van der Waals surface area contributed by atoms with Crippen LogP contribution in [0.2, 0.25) is 5.02 Å². The minimum absolute atomic E-state index is 0.0167. The molecule has 1 aromatic rings. The summed E-state index contributed by atoms with van der Waals surface area (Å²) in [4.78, 5) is 0. The largest absolute Gasteiger partial charge is 0.507 e. The monoisotopic (exact) mass is 241 g/mol. The van der Waals surface area contributed by atoms with E-state index in [1.807, 2.05) is 33.8 Å². The lowest BCUT2D eigenvalue weighted by atomic mass is 9.93. The molecule has 0 aliphatic carbocycles. The smallest absolute Gasteiger partial charge is 0.122 e. The Morgan fingerprint density at radius 2 is 1.94 bits per heavy atom. The second kappa shape index (κ2) is 5.07. The zero-order valence-electron chi connectivity index (χ0n) is 10.3. The molecule has 2 nitrogen and oxygen atoms in total. The molecule has 0 radical (unpaired) electrons. The van der Waals surface area contributed by atoms with Gasteiger partial charge in [0, 0.05) is 16.6 Å². The Kier molecular flexibility index (Phi) is 4.22. The van der Waals surface area contributed by atoms with Crippen LogP contribution in [0.3, 0.4) is 0 Å². The van der Waals surface area contributed by atoms with Crippen LogP contribution < -0.4 is 5.73 Å². The molecule has 16 heavy (non-hydrogen) atoms. The van der Waals surface area contributed by atoms with Gasteiger partial charge in [-0.05, 0) is 43.4 Å². The highest BCUT2D eigenvalue weighted by Crippen LogP contribution is 2.36. The molecule has 1 atom stereocenters. The molecule has 0 aliphatic heterocycles. The summed E-state index contributed by atoms with van der Waals surface area (Å²) in [6, 6.07) is 1.87. The molecule has 0 fully saturated rings. The average Bonchev–Trinajstić information content (AvgIpc) is 2.17. The van der Waals surface area contributed by atoms with Gasteiger partial charge >= 0.3 is 0 Å². The molecule has 1 unspecified atom stereocenters. The van der Waals surface area contributed by atoms with Crippen molar-refractivity contribution in [2.75, 3.05) is 0 Å². The minimum atomic E-state index is 0.0167. The third-order valence-corrected chi connectivity index (χ3v) is 3.19. The Hall–Kier alpha value is -0.730. The zero-order valence-corrected chi connectivity index (χ0v) is 11.1. The van der Waals surface area contributed by atoms with Gasteiger partial charge < -0.3 is 10.8 Å². The van der Waals surface area contributed by atoms with Crippen molar-refractivity contribution in [2.24, 2.45) is 5.73 Å². The number of aromatic hydroxyl groups is 1. The molecule has 0 heterocycles. The Labute approximate surface area is 102 Å². The number of nitrogens with two attached hydrogens (primary N) is 1. The van der Waals surface area contributed by atoms with Gasteiger partial charge in [0.15, 0.2) is 0 Å². The minimum Gasteiger partial charge on any atom is -0.507 e. The van der Waals surface area contributed by atoms with Crippen molar-refractivity contribution in [3.63, 3.8) is 0 Å². The predicted molar refractivity (Wildman–Crippen MR) is 69.3 cm³/mol. The molecule has 0 bridgehead atoms. The van der Waals surface area contributed by atoms with Crippen LogP contribution >= 0.6 is 11.6 Å². The van der Waals surface area contributed by atoms with E-state index < -0.39 is 0 Å². The maximum absolute atomic E-state index is 10.2. The number of phenols is 1. The molecule has 3 heteroatoms. The fourth-order valence-corrected chi connectivity index (χ4v) is 2.05. The van der Waals surface area contributed by atoms with Gasteiger partial charge in [-0.25, -0.2) is 0 Å². The molecular weight excluding hydrogens is 222 g/mol. The van der Waals surface area contributed by atoms with Crippen molar-refractivity contribution in [1.82, 2.24) is 0 Å². The molecular formula is C13H20ClNO. The molecule has 0 saturated heterocycles. The lowest BCUT2D eigenvalue weighted by Gasteiger charge is -2.17. The molecule has 1 aromatic carbocycles. The Bertz CT molecular complexity index is 386. The lowest BCUT2D eigenvalue weighted by Crippen LogP contribution is -2.18. The van der Waals surface area contributed by atoms with E-state index >= 15 is 0 Å². The third kappa shape index (κ3) is 2.69. The van der Waals surface area contributed by atoms with E-state index in [-0.39, 0.29) is 12.0 Å². The molecule has 1 rings (SSSR count). The molecule has 0 aliphatic rings. The van der Waals surface area contributed by atoms with E-state index in [0.717, 1.165) is 16.7 Å². The first-order valence-corrected chi connectivity index (χ1v) is 5.98. The molecule has 0 amide bonds. The van der Waals surface area contributed by atoms with Crippen LogP contribution in [0.25, 0.3) is 0 Å². The second-order valence-corrected chi connectivity index (χ2v) is 5.14. The Morgan fingerprint density at radius 3 is 2.38 bits per heavy atom. The van der Waals surface area contributed by atoms with E-state index in [2.05, 4.69) is 0 Å². The third-order valence-electron chi connectivity index (χ3n) is 2.80. The van der Waals surface area contributed by atoms with Gasteiger partial charge in [-0.3, -0.25) is 0 Å². The van der Waals surface area contributed by atoms with Gasteiger partial charge in [-0.2, -0.15) is 0 Å². The molecule has 0 aromatic heterocycles. The van der Waals surface area contributed by atoms with Gasteiger partial charge in [-0.1, -0.05) is 25.4 Å². The first-order chi connectivity index (χ1) is 7.34. The van der Waals surface area contributed by atoms with E-state index in [4.69, 9.17) is 17.3 Å². The Morgan fingerprint density at radius 1 is 1.38 bits per heavy atom. The first kappa shape index (κ1) is 13.3. The second-order valence-electron chi connectivity index (χ2n) is 4.74. The van der Waals surface area contributed by atoms with Crippen LogP contribution in [0.15, 0.2) is 6.07 Å². The van der Waals surface area contributed by atoms with Crippen LogP contribution in [0, 0.1) is 6.92 Å². The van der Waals surface area contributed by atoms with E-state index in [0.29, 0.717) is 17.2 Å². The molecule has 3 N–H and O–H groups in total. The van der Waals surface area contributed by atoms with Crippen molar-refractivity contribution in [1.29, 1.82) is 0 Å². The normalized spacial score (nSPS) is 13.2. The molecule has 0 saturated carbocycles. The van der Waals surface area contributed by atoms with Crippen molar-refractivity contribution < 1.29 is 5.11 Å². The summed E-state index contributed by atoms with van der Waals surface area (Å²) in [5, 5.41) is 10.9. The summed E-state index contributed by atoms with van der Waals surface area (Å²) in [6.45, 7) is 7.92. The summed E-state index contributed by atoms with van der Waals surface area (Å²) in [6.07, 6.45) is 0.651. The number of halogens is 1. The van der Waals surface area contributed by atoms with Gasteiger partial charge in [-0.15, -0.1) is 0 Å². The van der Waals surface area contributed by atoms with Crippen molar-refractivity contribution in [3.05, 3.63) is 27.8 Å². The highest BCUT2D eigenvalue weighted by molar-refractivity contribution is 6.31. The fraction of sp³-hybridized carbons (Fsp3) is 0.538. The van der Waals surface area contributed by atoms with Crippen LogP contribution in [0.1, 0.15) is 43.4 Å². The number of rotatable bonds is 3. The number of phenolic OH excluding ortho intramolecular Hbond substituents is 1. The first-order valence-electron chi connectivity index (χ1n) is 5.61. The summed E-state index contributed by atoms with van der Waals surface area (Å²) >= 11 is 6.17. The molecule has 90 valence electrons. The van der Waals surface area contributed by atoms with Crippen molar-refractivity contribution >= 4 is 11.6 Å². The van der Waals surface area contributed by atoms with Gasteiger partial charge in [0.25, 0.3) is 0 Å². The highest BCUT2D eigenvalue weighted by Gasteiger charge is 2.16. The topological polar surface area (TPSA) is 46.2 Å². The average molecular weight is 242 g/mol. The van der Waals surface area contributed by atoms with Gasteiger partial charge in [0.05, 0.1) is 0 Å². The van der Waals surface area contributed by atoms with Crippen molar-refractivity contribution in [3.8, 4) is 5.75 Å². The number of benzene rings is 1. The van der Waals surface area contributed by atoms with Crippen LogP contribution in [-0.4, -0.2) is 11.1 Å². The standard InChI is InChI=1S/C13H20ClNO/c1-7(2)10-6-12(14)9(4)11(13(10)16)5-8(3)15/h6-8,16H,5,15H2,1-4H3. The number of hydrogen-bond donors (Lipinski definition) is 2. The van der Waals surface area contributed by atoms with E-state index in [1.54, 1.807) is 0 Å². The molecule has 0 spiro atoms. The highest BCUT2D eigenvalue weighted by atomic mass is 35.5. The number of hydrogen-bond acceptors (Lipinski definition) is 2. The maximum atomic E-state index is 10.2. The summed E-state index contributed by atoms with van der Waals surface area (Å²) in [5.41, 5.74) is 8.49. The van der Waals surface area contributed by atoms with E-state index in [9.17, 15) is 5.11 Å². The summed E-state index contributed by atoms with van der Waals surface area (Å²) in [7, 11) is 0.